The van der Waals surface area contributed by atoms with Crippen molar-refractivity contribution in [3.05, 3.63) is 22.8 Å². The maximum atomic E-state index is 9.83. The summed E-state index contributed by atoms with van der Waals surface area (Å²) in [6.07, 6.45) is 0. The van der Waals surface area contributed by atoms with Crippen LogP contribution in [0.2, 0.25) is 0 Å². The van der Waals surface area contributed by atoms with Crippen LogP contribution in [0.1, 0.15) is 29.7 Å². The standard InChI is InChI=1S/C11H17NO2/c1-6-5-9(8(3)12)11(14-4)10(13)7(6)2/h5,8,13H,12H2,1-4H3. The third kappa shape index (κ3) is 1.68. The first-order valence-electron chi connectivity index (χ1n) is 4.61. The number of hydrogen-bond acceptors (Lipinski definition) is 3. The molecule has 0 amide bonds. The second-order valence-electron chi connectivity index (χ2n) is 3.58. The van der Waals surface area contributed by atoms with E-state index >= 15 is 0 Å². The first-order valence-corrected chi connectivity index (χ1v) is 4.61. The van der Waals surface area contributed by atoms with Crippen LogP contribution < -0.4 is 10.5 Å². The maximum absolute atomic E-state index is 9.83. The number of aryl methyl sites for hydroxylation is 1. The normalized spacial score (nSPS) is 12.6. The van der Waals surface area contributed by atoms with Crippen LogP contribution in [0.15, 0.2) is 6.07 Å². The summed E-state index contributed by atoms with van der Waals surface area (Å²) in [4.78, 5) is 0. The van der Waals surface area contributed by atoms with Gasteiger partial charge in [0.15, 0.2) is 11.5 Å². The Morgan fingerprint density at radius 2 is 2.00 bits per heavy atom. The highest BCUT2D eigenvalue weighted by molar-refractivity contribution is 5.54. The maximum Gasteiger partial charge on any atom is 0.165 e. The molecule has 0 saturated carbocycles. The molecule has 3 N–H and O–H groups in total. The van der Waals surface area contributed by atoms with Crippen molar-refractivity contribution < 1.29 is 9.84 Å². The Hall–Kier alpha value is -1.22. The fourth-order valence-electron chi connectivity index (χ4n) is 1.45. The Morgan fingerprint density at radius 3 is 2.43 bits per heavy atom. The lowest BCUT2D eigenvalue weighted by atomic mass is 10.00. The van der Waals surface area contributed by atoms with Gasteiger partial charge in [-0.15, -0.1) is 0 Å². The summed E-state index contributed by atoms with van der Waals surface area (Å²) in [6, 6.07) is 1.81. The van der Waals surface area contributed by atoms with E-state index in [0.29, 0.717) is 5.75 Å². The smallest absolute Gasteiger partial charge is 0.165 e. The molecule has 0 radical (unpaired) electrons. The molecule has 0 aliphatic rings. The van der Waals surface area contributed by atoms with Gasteiger partial charge < -0.3 is 15.6 Å². The molecule has 0 spiro atoms. The van der Waals surface area contributed by atoms with E-state index in [4.69, 9.17) is 10.5 Å². The monoisotopic (exact) mass is 195 g/mol. The van der Waals surface area contributed by atoms with Crippen molar-refractivity contribution in [3.63, 3.8) is 0 Å². The number of nitrogens with two attached hydrogens (primary N) is 1. The van der Waals surface area contributed by atoms with Crippen LogP contribution in [0.4, 0.5) is 0 Å². The summed E-state index contributed by atoms with van der Waals surface area (Å²) in [7, 11) is 1.54. The predicted molar refractivity (Wildman–Crippen MR) is 56.7 cm³/mol. The quantitative estimate of drug-likeness (QED) is 0.759. The van der Waals surface area contributed by atoms with E-state index in [0.717, 1.165) is 16.7 Å². The van der Waals surface area contributed by atoms with Crippen molar-refractivity contribution in [1.82, 2.24) is 0 Å². The number of phenolic OH excluding ortho intramolecular Hbond substituents is 1. The number of methoxy groups -OCH3 is 1. The van der Waals surface area contributed by atoms with Crippen LogP contribution in [0, 0.1) is 13.8 Å². The predicted octanol–water partition coefficient (Wildman–Crippen LogP) is 2.04. The molecule has 0 aliphatic heterocycles. The minimum absolute atomic E-state index is 0.143. The topological polar surface area (TPSA) is 55.5 Å². The van der Waals surface area contributed by atoms with Gasteiger partial charge >= 0.3 is 0 Å². The van der Waals surface area contributed by atoms with Gasteiger partial charge in [-0.1, -0.05) is 6.07 Å². The van der Waals surface area contributed by atoms with Gasteiger partial charge in [0.25, 0.3) is 0 Å². The molecule has 3 heteroatoms. The minimum atomic E-state index is -0.143. The fraction of sp³-hybridized carbons (Fsp3) is 0.455. The molecular weight excluding hydrogens is 178 g/mol. The van der Waals surface area contributed by atoms with Crippen LogP contribution in [-0.2, 0) is 0 Å². The van der Waals surface area contributed by atoms with Crippen molar-refractivity contribution in [2.45, 2.75) is 26.8 Å². The van der Waals surface area contributed by atoms with Gasteiger partial charge in [0.2, 0.25) is 0 Å². The summed E-state index contributed by atoms with van der Waals surface area (Å²) in [5.74, 6) is 0.683. The van der Waals surface area contributed by atoms with Crippen molar-refractivity contribution >= 4 is 0 Å². The summed E-state index contributed by atoms with van der Waals surface area (Å²) in [5.41, 5.74) is 8.49. The second kappa shape index (κ2) is 3.88. The lowest BCUT2D eigenvalue weighted by Crippen LogP contribution is -2.08. The van der Waals surface area contributed by atoms with Gasteiger partial charge in [-0.05, 0) is 31.9 Å². The Bertz CT molecular complexity index is 346. The SMILES string of the molecule is COc1c(C(C)N)cc(C)c(C)c1O. The Balaban J connectivity index is 3.43. The third-order valence-electron chi connectivity index (χ3n) is 2.49. The summed E-state index contributed by atoms with van der Waals surface area (Å²) >= 11 is 0. The number of phenols is 1. The Labute approximate surface area is 84.5 Å². The molecule has 0 aliphatic carbocycles. The lowest BCUT2D eigenvalue weighted by Gasteiger charge is -2.16. The zero-order chi connectivity index (χ0) is 10.9. The van der Waals surface area contributed by atoms with E-state index in [2.05, 4.69) is 0 Å². The second-order valence-corrected chi connectivity index (χ2v) is 3.58. The van der Waals surface area contributed by atoms with Crippen LogP contribution in [0.3, 0.4) is 0 Å². The molecule has 0 fully saturated rings. The zero-order valence-electron chi connectivity index (χ0n) is 9.09. The molecule has 14 heavy (non-hydrogen) atoms. The van der Waals surface area contributed by atoms with E-state index in [-0.39, 0.29) is 11.8 Å². The average Bonchev–Trinajstić information content (AvgIpc) is 2.13. The van der Waals surface area contributed by atoms with Crippen molar-refractivity contribution in [3.8, 4) is 11.5 Å². The van der Waals surface area contributed by atoms with Crippen molar-refractivity contribution in [2.75, 3.05) is 7.11 Å². The van der Waals surface area contributed by atoms with Crippen LogP contribution in [0.25, 0.3) is 0 Å². The molecule has 0 heterocycles. The average molecular weight is 195 g/mol. The summed E-state index contributed by atoms with van der Waals surface area (Å²) in [5, 5.41) is 9.83. The summed E-state index contributed by atoms with van der Waals surface area (Å²) in [6.45, 7) is 5.67. The number of rotatable bonds is 2. The Morgan fingerprint density at radius 1 is 1.43 bits per heavy atom. The van der Waals surface area contributed by atoms with E-state index in [1.165, 1.54) is 7.11 Å². The molecule has 1 atom stereocenters. The zero-order valence-corrected chi connectivity index (χ0v) is 9.09. The largest absolute Gasteiger partial charge is 0.504 e. The van der Waals surface area contributed by atoms with Crippen molar-refractivity contribution in [2.24, 2.45) is 5.73 Å². The molecule has 0 bridgehead atoms. The van der Waals surface area contributed by atoms with Gasteiger partial charge in [0.05, 0.1) is 7.11 Å². The number of aromatic hydroxyl groups is 1. The third-order valence-corrected chi connectivity index (χ3v) is 2.49. The molecule has 0 saturated heterocycles. The molecule has 3 nitrogen and oxygen atoms in total. The first kappa shape index (κ1) is 10.9. The molecule has 78 valence electrons. The molecule has 1 rings (SSSR count). The highest BCUT2D eigenvalue weighted by Crippen LogP contribution is 2.37. The van der Waals surface area contributed by atoms with Gasteiger partial charge in [0.1, 0.15) is 0 Å². The highest BCUT2D eigenvalue weighted by Gasteiger charge is 2.15. The van der Waals surface area contributed by atoms with E-state index in [1.807, 2.05) is 26.8 Å². The van der Waals surface area contributed by atoms with E-state index < -0.39 is 0 Å². The Kier molecular flexibility index (Phi) is 3.01. The van der Waals surface area contributed by atoms with Gasteiger partial charge in [-0.25, -0.2) is 0 Å². The number of benzene rings is 1. The fourth-order valence-corrected chi connectivity index (χ4v) is 1.45. The van der Waals surface area contributed by atoms with Crippen molar-refractivity contribution in [1.29, 1.82) is 0 Å². The molecule has 0 aromatic heterocycles. The van der Waals surface area contributed by atoms with Crippen LogP contribution in [-0.4, -0.2) is 12.2 Å². The molecule has 1 aromatic rings. The first-order chi connectivity index (χ1) is 6.49. The number of ether oxygens (including phenoxy) is 1. The minimum Gasteiger partial charge on any atom is -0.504 e. The highest BCUT2D eigenvalue weighted by atomic mass is 16.5. The molecule has 1 aromatic carbocycles. The summed E-state index contributed by atoms with van der Waals surface area (Å²) < 4.78 is 5.14. The van der Waals surface area contributed by atoms with E-state index in [9.17, 15) is 5.11 Å². The number of hydrogen-bond donors (Lipinski definition) is 2. The lowest BCUT2D eigenvalue weighted by molar-refractivity contribution is 0.365. The molecule has 1 unspecified atom stereocenters. The van der Waals surface area contributed by atoms with Gasteiger partial charge in [-0.2, -0.15) is 0 Å². The molecular formula is C11H17NO2. The van der Waals surface area contributed by atoms with Gasteiger partial charge in [-0.3, -0.25) is 0 Å². The van der Waals surface area contributed by atoms with Gasteiger partial charge in [0, 0.05) is 11.6 Å². The van der Waals surface area contributed by atoms with Crippen LogP contribution >= 0.6 is 0 Å². The van der Waals surface area contributed by atoms with E-state index in [1.54, 1.807) is 0 Å². The van der Waals surface area contributed by atoms with Crippen LogP contribution in [0.5, 0.6) is 11.5 Å².